The molecule has 2 rings (SSSR count). The highest BCUT2D eigenvalue weighted by Gasteiger charge is 2.20. The minimum Gasteiger partial charge on any atom is -0.493 e. The van der Waals surface area contributed by atoms with Gasteiger partial charge in [0, 0.05) is 25.7 Å². The summed E-state index contributed by atoms with van der Waals surface area (Å²) >= 11 is 0. The molecule has 1 amide bonds. The van der Waals surface area contributed by atoms with E-state index in [4.69, 9.17) is 9.47 Å². The van der Waals surface area contributed by atoms with E-state index in [9.17, 15) is 4.79 Å². The van der Waals surface area contributed by atoms with Crippen molar-refractivity contribution in [2.75, 3.05) is 20.3 Å². The van der Waals surface area contributed by atoms with Gasteiger partial charge in [-0.25, -0.2) is 0 Å². The monoisotopic (exact) mass is 263 g/mol. The molecule has 0 spiro atoms. The van der Waals surface area contributed by atoms with E-state index < -0.39 is 0 Å². The van der Waals surface area contributed by atoms with E-state index in [0.717, 1.165) is 30.6 Å². The molecule has 0 saturated carbocycles. The van der Waals surface area contributed by atoms with E-state index in [2.05, 4.69) is 5.32 Å². The summed E-state index contributed by atoms with van der Waals surface area (Å²) in [4.78, 5) is 11.9. The average molecular weight is 263 g/mol. The lowest BCUT2D eigenvalue weighted by Gasteiger charge is -2.18. The lowest BCUT2D eigenvalue weighted by Crippen LogP contribution is -2.28. The van der Waals surface area contributed by atoms with Crippen molar-refractivity contribution in [3.63, 3.8) is 0 Å². The van der Waals surface area contributed by atoms with Crippen molar-refractivity contribution in [1.82, 2.24) is 5.32 Å². The van der Waals surface area contributed by atoms with Crippen LogP contribution in [0.2, 0.25) is 0 Å². The van der Waals surface area contributed by atoms with Gasteiger partial charge in [-0.05, 0) is 25.3 Å². The Kier molecular flexibility index (Phi) is 5.21. The Labute approximate surface area is 114 Å². The average Bonchev–Trinajstić information content (AvgIpc) is 2.62. The van der Waals surface area contributed by atoms with Crippen LogP contribution in [0.25, 0.3) is 0 Å². The minimum atomic E-state index is 0.0637. The Morgan fingerprint density at radius 3 is 3.16 bits per heavy atom. The molecule has 1 atom stereocenters. The Balaban J connectivity index is 1.98. The normalized spacial score (nSPS) is 18.1. The molecule has 0 saturated heterocycles. The second kappa shape index (κ2) is 7.14. The molecule has 0 bridgehead atoms. The predicted molar refractivity (Wildman–Crippen MR) is 73.2 cm³/mol. The fourth-order valence-electron chi connectivity index (χ4n) is 2.32. The number of para-hydroxylation sites is 1. The number of methoxy groups -OCH3 is 1. The van der Waals surface area contributed by atoms with Crippen molar-refractivity contribution in [3.05, 3.63) is 29.8 Å². The number of carbonyl (C=O) groups excluding carboxylic acids is 1. The lowest BCUT2D eigenvalue weighted by atomic mass is 10.0. The van der Waals surface area contributed by atoms with Gasteiger partial charge in [-0.3, -0.25) is 4.79 Å². The maximum absolute atomic E-state index is 11.9. The Hall–Kier alpha value is -1.55. The van der Waals surface area contributed by atoms with E-state index in [0.29, 0.717) is 19.6 Å². The predicted octanol–water partition coefficient (Wildman–Crippen LogP) is 2.44. The van der Waals surface area contributed by atoms with E-state index in [1.165, 1.54) is 0 Å². The van der Waals surface area contributed by atoms with Crippen molar-refractivity contribution in [2.24, 2.45) is 0 Å². The maximum Gasteiger partial charge on any atom is 0.220 e. The van der Waals surface area contributed by atoms with Gasteiger partial charge < -0.3 is 14.8 Å². The molecule has 1 aliphatic heterocycles. The van der Waals surface area contributed by atoms with E-state index >= 15 is 0 Å². The van der Waals surface area contributed by atoms with E-state index in [-0.39, 0.29) is 11.9 Å². The van der Waals surface area contributed by atoms with Crippen molar-refractivity contribution >= 4 is 5.91 Å². The topological polar surface area (TPSA) is 47.6 Å². The summed E-state index contributed by atoms with van der Waals surface area (Å²) in [5.74, 6) is 0.973. The molecule has 0 aliphatic carbocycles. The van der Waals surface area contributed by atoms with Gasteiger partial charge in [-0.1, -0.05) is 18.2 Å². The largest absolute Gasteiger partial charge is 0.493 e. The van der Waals surface area contributed by atoms with Gasteiger partial charge in [0.1, 0.15) is 5.75 Å². The van der Waals surface area contributed by atoms with Crippen molar-refractivity contribution in [2.45, 2.75) is 31.7 Å². The van der Waals surface area contributed by atoms with E-state index in [1.807, 2.05) is 24.3 Å². The van der Waals surface area contributed by atoms with Gasteiger partial charge in [0.15, 0.2) is 0 Å². The first-order valence-corrected chi connectivity index (χ1v) is 6.81. The minimum absolute atomic E-state index is 0.0637. The molecular formula is C15H21NO3. The highest BCUT2D eigenvalue weighted by molar-refractivity contribution is 5.76. The first-order valence-electron chi connectivity index (χ1n) is 6.81. The molecule has 4 nitrogen and oxygen atoms in total. The fraction of sp³-hybridized carbons (Fsp3) is 0.533. The number of hydrogen-bond donors (Lipinski definition) is 1. The molecule has 104 valence electrons. The third-order valence-electron chi connectivity index (χ3n) is 3.28. The van der Waals surface area contributed by atoms with Gasteiger partial charge in [0.05, 0.1) is 12.6 Å². The van der Waals surface area contributed by atoms with Crippen molar-refractivity contribution in [3.8, 4) is 5.75 Å². The lowest BCUT2D eigenvalue weighted by molar-refractivity contribution is -0.122. The molecule has 0 unspecified atom stereocenters. The molecular weight excluding hydrogens is 242 g/mol. The summed E-state index contributed by atoms with van der Waals surface area (Å²) in [6.07, 6.45) is 3.14. The first kappa shape index (κ1) is 13.9. The summed E-state index contributed by atoms with van der Waals surface area (Å²) in [5.41, 5.74) is 1.08. The second-order valence-electron chi connectivity index (χ2n) is 4.74. The van der Waals surface area contributed by atoms with Crippen molar-refractivity contribution in [1.29, 1.82) is 0 Å². The highest BCUT2D eigenvalue weighted by atomic mass is 16.5. The molecule has 1 aliphatic rings. The van der Waals surface area contributed by atoms with Gasteiger partial charge in [0.25, 0.3) is 0 Å². The summed E-state index contributed by atoms with van der Waals surface area (Å²) in [5, 5.41) is 3.10. The molecule has 4 heteroatoms. The zero-order valence-corrected chi connectivity index (χ0v) is 11.4. The van der Waals surface area contributed by atoms with Crippen LogP contribution in [-0.4, -0.2) is 26.2 Å². The number of amides is 1. The van der Waals surface area contributed by atoms with Gasteiger partial charge in [-0.2, -0.15) is 0 Å². The molecule has 1 N–H and O–H groups in total. The standard InChI is InChI=1S/C15H21NO3/c1-18-10-5-9-15(17)16-13-7-4-11-19-14-8-3-2-6-12(13)14/h2-3,6,8,13H,4-5,7,9-11H2,1H3,(H,16,17)/t13-/m1/s1. The van der Waals surface area contributed by atoms with Crippen molar-refractivity contribution < 1.29 is 14.3 Å². The molecule has 0 aromatic heterocycles. The number of benzene rings is 1. The van der Waals surface area contributed by atoms with Crippen LogP contribution in [0.5, 0.6) is 5.75 Å². The Morgan fingerprint density at radius 1 is 1.47 bits per heavy atom. The first-order chi connectivity index (χ1) is 9.31. The number of hydrogen-bond acceptors (Lipinski definition) is 3. The summed E-state index contributed by atoms with van der Waals surface area (Å²) in [6, 6.07) is 8.00. The number of ether oxygens (including phenoxy) is 2. The molecule has 1 aromatic rings. The van der Waals surface area contributed by atoms with Crippen LogP contribution in [0, 0.1) is 0 Å². The molecule has 1 aromatic carbocycles. The van der Waals surface area contributed by atoms with Gasteiger partial charge in [-0.15, -0.1) is 0 Å². The Morgan fingerprint density at radius 2 is 2.32 bits per heavy atom. The quantitative estimate of drug-likeness (QED) is 0.830. The van der Waals surface area contributed by atoms with Crippen LogP contribution < -0.4 is 10.1 Å². The van der Waals surface area contributed by atoms with Crippen LogP contribution >= 0.6 is 0 Å². The number of fused-ring (bicyclic) bond motifs is 1. The summed E-state index contributed by atoms with van der Waals surface area (Å²) in [7, 11) is 1.65. The third kappa shape index (κ3) is 3.96. The number of carbonyl (C=O) groups is 1. The second-order valence-corrected chi connectivity index (χ2v) is 4.74. The van der Waals surface area contributed by atoms with Crippen LogP contribution in [-0.2, 0) is 9.53 Å². The smallest absolute Gasteiger partial charge is 0.220 e. The zero-order chi connectivity index (χ0) is 13.5. The maximum atomic E-state index is 11.9. The summed E-state index contributed by atoms with van der Waals surface area (Å²) < 4.78 is 10.6. The fourth-order valence-corrected chi connectivity index (χ4v) is 2.32. The molecule has 19 heavy (non-hydrogen) atoms. The number of nitrogens with one attached hydrogen (secondary N) is 1. The van der Waals surface area contributed by atoms with Gasteiger partial charge in [0.2, 0.25) is 5.91 Å². The molecule has 0 radical (unpaired) electrons. The van der Waals surface area contributed by atoms with Crippen LogP contribution in [0.3, 0.4) is 0 Å². The van der Waals surface area contributed by atoms with Crippen LogP contribution in [0.15, 0.2) is 24.3 Å². The molecule has 0 fully saturated rings. The van der Waals surface area contributed by atoms with Crippen LogP contribution in [0.1, 0.15) is 37.3 Å². The SMILES string of the molecule is COCCCC(=O)N[C@@H]1CCCOc2ccccc21. The number of rotatable bonds is 5. The van der Waals surface area contributed by atoms with Gasteiger partial charge >= 0.3 is 0 Å². The molecule has 1 heterocycles. The summed E-state index contributed by atoms with van der Waals surface area (Å²) in [6.45, 7) is 1.34. The van der Waals surface area contributed by atoms with Crippen LogP contribution in [0.4, 0.5) is 0 Å². The zero-order valence-electron chi connectivity index (χ0n) is 11.4. The third-order valence-corrected chi connectivity index (χ3v) is 3.28. The highest BCUT2D eigenvalue weighted by Crippen LogP contribution is 2.31. The Bertz CT molecular complexity index is 420. The van der Waals surface area contributed by atoms with E-state index in [1.54, 1.807) is 7.11 Å².